The number of hydrogen-bond donors (Lipinski definition) is 3. The lowest BCUT2D eigenvalue weighted by atomic mass is 10.1. The second-order valence-corrected chi connectivity index (χ2v) is 6.39. The molecule has 8 heteroatoms. The standard InChI is InChI=1S/C18H20ClN3O3S/c1-10-5-11(2)16(15(19)6-10)20-18(26)22-21-17(23)12-7-13(24-3)9-14(8-12)25-4/h5-9H,1-4H3,(H,21,23)(H2,20,22,26). The fourth-order valence-electron chi connectivity index (χ4n) is 2.34. The van der Waals surface area contributed by atoms with Crippen LogP contribution in [0.5, 0.6) is 11.5 Å². The number of ether oxygens (including phenoxy) is 2. The van der Waals surface area contributed by atoms with E-state index in [-0.39, 0.29) is 5.11 Å². The molecule has 0 spiro atoms. The minimum absolute atomic E-state index is 0.210. The lowest BCUT2D eigenvalue weighted by Crippen LogP contribution is -2.43. The first-order valence-corrected chi connectivity index (χ1v) is 8.49. The lowest BCUT2D eigenvalue weighted by Gasteiger charge is -2.15. The van der Waals surface area contributed by atoms with Crippen molar-refractivity contribution in [1.29, 1.82) is 0 Å². The van der Waals surface area contributed by atoms with Crippen LogP contribution in [0, 0.1) is 13.8 Å². The van der Waals surface area contributed by atoms with Gasteiger partial charge in [-0.3, -0.25) is 15.6 Å². The summed E-state index contributed by atoms with van der Waals surface area (Å²) in [6, 6.07) is 8.69. The molecular formula is C18H20ClN3O3S. The highest BCUT2D eigenvalue weighted by Crippen LogP contribution is 2.27. The molecule has 0 fully saturated rings. The Bertz CT molecular complexity index is 797. The summed E-state index contributed by atoms with van der Waals surface area (Å²) in [5, 5.41) is 3.74. The van der Waals surface area contributed by atoms with Crippen molar-refractivity contribution in [3.63, 3.8) is 0 Å². The fourth-order valence-corrected chi connectivity index (χ4v) is 2.86. The number of aryl methyl sites for hydroxylation is 2. The quantitative estimate of drug-likeness (QED) is 0.544. The van der Waals surface area contributed by atoms with Gasteiger partial charge < -0.3 is 14.8 Å². The van der Waals surface area contributed by atoms with Crippen molar-refractivity contribution in [1.82, 2.24) is 10.9 Å². The van der Waals surface area contributed by atoms with Crippen LogP contribution in [0.4, 0.5) is 5.69 Å². The molecule has 0 bridgehead atoms. The van der Waals surface area contributed by atoms with E-state index in [1.807, 2.05) is 26.0 Å². The first-order chi connectivity index (χ1) is 12.3. The number of anilines is 1. The third-order valence-corrected chi connectivity index (χ3v) is 4.08. The first-order valence-electron chi connectivity index (χ1n) is 7.71. The maximum Gasteiger partial charge on any atom is 0.269 e. The second kappa shape index (κ2) is 8.73. The summed E-state index contributed by atoms with van der Waals surface area (Å²) in [7, 11) is 3.03. The average molecular weight is 394 g/mol. The molecule has 0 radical (unpaired) electrons. The van der Waals surface area contributed by atoms with Crippen molar-refractivity contribution in [2.24, 2.45) is 0 Å². The molecule has 6 nitrogen and oxygen atoms in total. The van der Waals surface area contributed by atoms with Gasteiger partial charge >= 0.3 is 0 Å². The van der Waals surface area contributed by atoms with Gasteiger partial charge in [0.25, 0.3) is 5.91 Å². The minimum Gasteiger partial charge on any atom is -0.497 e. The summed E-state index contributed by atoms with van der Waals surface area (Å²) in [5.74, 6) is 0.632. The molecule has 0 saturated carbocycles. The van der Waals surface area contributed by atoms with E-state index in [2.05, 4.69) is 16.2 Å². The number of methoxy groups -OCH3 is 2. The van der Waals surface area contributed by atoms with Crippen molar-refractivity contribution in [2.45, 2.75) is 13.8 Å². The molecular weight excluding hydrogens is 374 g/mol. The SMILES string of the molecule is COc1cc(OC)cc(C(=O)NNC(=S)Nc2c(C)cc(C)cc2Cl)c1. The summed E-state index contributed by atoms with van der Waals surface area (Å²) < 4.78 is 10.3. The molecule has 0 saturated heterocycles. The van der Waals surface area contributed by atoms with Gasteiger partial charge in [0.2, 0.25) is 0 Å². The molecule has 0 aliphatic heterocycles. The fraction of sp³-hybridized carbons (Fsp3) is 0.222. The van der Waals surface area contributed by atoms with Gasteiger partial charge in [0.05, 0.1) is 24.9 Å². The highest BCUT2D eigenvalue weighted by molar-refractivity contribution is 7.80. The highest BCUT2D eigenvalue weighted by Gasteiger charge is 2.11. The third-order valence-electron chi connectivity index (χ3n) is 3.57. The van der Waals surface area contributed by atoms with E-state index in [0.29, 0.717) is 27.8 Å². The van der Waals surface area contributed by atoms with Crippen LogP contribution in [-0.4, -0.2) is 25.2 Å². The number of carbonyl (C=O) groups excluding carboxylic acids is 1. The average Bonchev–Trinajstić information content (AvgIpc) is 2.62. The largest absolute Gasteiger partial charge is 0.497 e. The van der Waals surface area contributed by atoms with Crippen molar-refractivity contribution < 1.29 is 14.3 Å². The van der Waals surface area contributed by atoms with Crippen LogP contribution in [0.25, 0.3) is 0 Å². The van der Waals surface area contributed by atoms with Gasteiger partial charge in [0.1, 0.15) is 11.5 Å². The van der Waals surface area contributed by atoms with Gasteiger partial charge in [-0.2, -0.15) is 0 Å². The number of amides is 1. The number of carbonyl (C=O) groups is 1. The topological polar surface area (TPSA) is 71.6 Å². The maximum absolute atomic E-state index is 12.3. The summed E-state index contributed by atoms with van der Waals surface area (Å²) in [6.45, 7) is 3.88. The molecule has 2 aromatic rings. The lowest BCUT2D eigenvalue weighted by molar-refractivity contribution is 0.0943. The molecule has 2 aromatic carbocycles. The smallest absolute Gasteiger partial charge is 0.269 e. The summed E-state index contributed by atoms with van der Waals surface area (Å²) in [5.41, 5.74) is 8.23. The maximum atomic E-state index is 12.3. The van der Waals surface area contributed by atoms with Crippen LogP contribution in [0.2, 0.25) is 5.02 Å². The Kier molecular flexibility index (Phi) is 6.65. The number of halogens is 1. The van der Waals surface area contributed by atoms with Crippen LogP contribution in [-0.2, 0) is 0 Å². The molecule has 0 unspecified atom stereocenters. The van der Waals surface area contributed by atoms with Crippen LogP contribution in [0.1, 0.15) is 21.5 Å². The third kappa shape index (κ3) is 5.00. The van der Waals surface area contributed by atoms with Gasteiger partial charge in [-0.1, -0.05) is 17.7 Å². The molecule has 3 N–H and O–H groups in total. The molecule has 0 heterocycles. The van der Waals surface area contributed by atoms with Gasteiger partial charge in [-0.25, -0.2) is 0 Å². The molecule has 2 rings (SSSR count). The van der Waals surface area contributed by atoms with Gasteiger partial charge in [-0.15, -0.1) is 0 Å². The van der Waals surface area contributed by atoms with Crippen molar-refractivity contribution >= 4 is 40.5 Å². The Hall–Kier alpha value is -2.51. The Morgan fingerprint density at radius 3 is 2.15 bits per heavy atom. The monoisotopic (exact) mass is 393 g/mol. The number of hydrogen-bond acceptors (Lipinski definition) is 4. The van der Waals surface area contributed by atoms with Crippen LogP contribution in [0.15, 0.2) is 30.3 Å². The van der Waals surface area contributed by atoms with Crippen LogP contribution < -0.4 is 25.6 Å². The van der Waals surface area contributed by atoms with E-state index < -0.39 is 5.91 Å². The number of benzene rings is 2. The first kappa shape index (κ1) is 19.8. The number of thiocarbonyl (C=S) groups is 1. The van der Waals surface area contributed by atoms with Gasteiger partial charge in [0.15, 0.2) is 5.11 Å². The zero-order valence-electron chi connectivity index (χ0n) is 14.9. The predicted octanol–water partition coefficient (Wildman–Crippen LogP) is 3.61. The van der Waals surface area contributed by atoms with Gasteiger partial charge in [0, 0.05) is 11.6 Å². The zero-order chi connectivity index (χ0) is 19.3. The van der Waals surface area contributed by atoms with Crippen molar-refractivity contribution in [3.8, 4) is 11.5 Å². The second-order valence-electron chi connectivity index (χ2n) is 5.57. The van der Waals surface area contributed by atoms with E-state index in [9.17, 15) is 4.79 Å². The molecule has 0 atom stereocenters. The van der Waals surface area contributed by atoms with Crippen LogP contribution in [0.3, 0.4) is 0 Å². The predicted molar refractivity (Wildman–Crippen MR) is 107 cm³/mol. The van der Waals surface area contributed by atoms with E-state index >= 15 is 0 Å². The molecule has 26 heavy (non-hydrogen) atoms. The minimum atomic E-state index is -0.391. The molecule has 0 aromatic heterocycles. The van der Waals surface area contributed by atoms with Crippen molar-refractivity contribution in [2.75, 3.05) is 19.5 Å². The highest BCUT2D eigenvalue weighted by atomic mass is 35.5. The number of rotatable bonds is 4. The van der Waals surface area contributed by atoms with Crippen molar-refractivity contribution in [3.05, 3.63) is 52.0 Å². The summed E-state index contributed by atoms with van der Waals surface area (Å²) >= 11 is 11.4. The van der Waals surface area contributed by atoms with Gasteiger partial charge in [-0.05, 0) is 55.4 Å². The molecule has 138 valence electrons. The Morgan fingerprint density at radius 1 is 1.00 bits per heavy atom. The summed E-state index contributed by atoms with van der Waals surface area (Å²) in [6.07, 6.45) is 0. The normalized spacial score (nSPS) is 10.0. The van der Waals surface area contributed by atoms with E-state index in [1.54, 1.807) is 18.2 Å². The number of nitrogens with one attached hydrogen (secondary N) is 3. The molecule has 1 amide bonds. The molecule has 0 aliphatic rings. The van der Waals surface area contributed by atoms with E-state index in [1.165, 1.54) is 14.2 Å². The summed E-state index contributed by atoms with van der Waals surface area (Å²) in [4.78, 5) is 12.3. The van der Waals surface area contributed by atoms with Crippen LogP contribution >= 0.6 is 23.8 Å². The van der Waals surface area contributed by atoms with E-state index in [4.69, 9.17) is 33.3 Å². The molecule has 0 aliphatic carbocycles. The van der Waals surface area contributed by atoms with E-state index in [0.717, 1.165) is 11.1 Å². The number of hydrazine groups is 1. The zero-order valence-corrected chi connectivity index (χ0v) is 16.5. The Balaban J connectivity index is 2.02. The Morgan fingerprint density at radius 2 is 1.62 bits per heavy atom. The Labute approximate surface area is 162 Å².